The highest BCUT2D eigenvalue weighted by Gasteiger charge is 2.47. The summed E-state index contributed by atoms with van der Waals surface area (Å²) in [5, 5.41) is 26.4. The van der Waals surface area contributed by atoms with Gasteiger partial charge >= 0.3 is 0 Å². The van der Waals surface area contributed by atoms with E-state index in [1.54, 1.807) is 4.90 Å². The van der Waals surface area contributed by atoms with E-state index in [9.17, 15) is 15.0 Å². The number of aromatic nitrogens is 5. The van der Waals surface area contributed by atoms with E-state index in [-0.39, 0.29) is 0 Å². The zero-order valence-corrected chi connectivity index (χ0v) is 18.7. The van der Waals surface area contributed by atoms with Crippen molar-refractivity contribution < 1.29 is 24.2 Å². The predicted octanol–water partition coefficient (Wildman–Crippen LogP) is 0.0108. The monoisotopic (exact) mass is 468 g/mol. The summed E-state index contributed by atoms with van der Waals surface area (Å²) in [4.78, 5) is 31.1. The maximum Gasteiger partial charge on any atom is 0.297 e. The van der Waals surface area contributed by atoms with Gasteiger partial charge in [-0.3, -0.25) is 9.36 Å². The fourth-order valence-corrected chi connectivity index (χ4v) is 3.86. The van der Waals surface area contributed by atoms with E-state index in [2.05, 4.69) is 30.6 Å². The highest BCUT2D eigenvalue weighted by molar-refractivity contribution is 5.83. The smallest absolute Gasteiger partial charge is 0.297 e. The number of rotatable bonds is 6. The highest BCUT2D eigenvalue weighted by atomic mass is 16.6. The fourth-order valence-electron chi connectivity index (χ4n) is 3.86. The van der Waals surface area contributed by atoms with Crippen LogP contribution in [0.2, 0.25) is 0 Å². The van der Waals surface area contributed by atoms with Crippen molar-refractivity contribution in [2.24, 2.45) is 0 Å². The van der Waals surface area contributed by atoms with Crippen LogP contribution in [0.25, 0.3) is 22.3 Å². The van der Waals surface area contributed by atoms with Crippen LogP contribution in [0, 0.1) is 0 Å². The lowest BCUT2D eigenvalue weighted by Gasteiger charge is -2.16. The molecule has 34 heavy (non-hydrogen) atoms. The number of amides is 1. The number of benzene rings is 1. The molecule has 1 aromatic carbocycles. The lowest BCUT2D eigenvalue weighted by Crippen LogP contribution is -2.41. The van der Waals surface area contributed by atoms with Gasteiger partial charge in [-0.05, 0) is 17.7 Å². The molecule has 0 bridgehead atoms. The largest absolute Gasteiger partial charge is 0.423 e. The number of aliphatic hydroxyl groups excluding tert-OH is 2. The molecule has 1 aliphatic heterocycles. The lowest BCUT2D eigenvalue weighted by atomic mass is 10.1. The standard InChI is InChI=1S/C21H24N8O5/c1-22-19(32)16-14(30)15(31)20(34-16)29-9-26-13-17(24-8-25-18(13)29)23-7-10-4-5-12-11(6-10)27-21(33-12)28(2)3/h4-6,8-9,14-16,20,30-31H,7H2,1-3H3,(H,22,32)(H,23,24,25)/t14-,15+,16-,20+/m0/s1. The molecule has 0 radical (unpaired) electrons. The minimum Gasteiger partial charge on any atom is -0.423 e. The molecular weight excluding hydrogens is 444 g/mol. The minimum absolute atomic E-state index is 0.383. The first-order valence-electron chi connectivity index (χ1n) is 10.6. The number of aliphatic hydroxyl groups is 2. The number of anilines is 2. The first kappa shape index (κ1) is 22.0. The second-order valence-electron chi connectivity index (χ2n) is 8.14. The number of hydrogen-bond donors (Lipinski definition) is 4. The zero-order chi connectivity index (χ0) is 24.0. The third-order valence-corrected chi connectivity index (χ3v) is 5.66. The van der Waals surface area contributed by atoms with E-state index in [0.29, 0.717) is 35.1 Å². The molecule has 13 nitrogen and oxygen atoms in total. The summed E-state index contributed by atoms with van der Waals surface area (Å²) in [6, 6.07) is 6.26. The summed E-state index contributed by atoms with van der Waals surface area (Å²) >= 11 is 0. The summed E-state index contributed by atoms with van der Waals surface area (Å²) in [5.74, 6) is -0.0499. The van der Waals surface area contributed by atoms with E-state index >= 15 is 0 Å². The van der Waals surface area contributed by atoms with Gasteiger partial charge in [-0.15, -0.1) is 0 Å². The molecule has 1 amide bonds. The Hall–Kier alpha value is -3.81. The maximum atomic E-state index is 12.0. The van der Waals surface area contributed by atoms with E-state index in [1.807, 2.05) is 32.3 Å². The van der Waals surface area contributed by atoms with Crippen molar-refractivity contribution in [2.45, 2.75) is 31.1 Å². The van der Waals surface area contributed by atoms with Crippen LogP contribution in [-0.2, 0) is 16.1 Å². The molecule has 4 aromatic rings. The molecule has 4 heterocycles. The van der Waals surface area contributed by atoms with Gasteiger partial charge in [0.2, 0.25) is 0 Å². The third-order valence-electron chi connectivity index (χ3n) is 5.66. The Morgan fingerprint density at radius 2 is 2.03 bits per heavy atom. The Labute approximate surface area is 193 Å². The third kappa shape index (κ3) is 3.69. The molecule has 178 valence electrons. The molecular formula is C21H24N8O5. The van der Waals surface area contributed by atoms with Gasteiger partial charge in [0.05, 0.1) is 6.33 Å². The number of fused-ring (bicyclic) bond motifs is 2. The van der Waals surface area contributed by atoms with Crippen LogP contribution < -0.4 is 15.5 Å². The molecule has 0 spiro atoms. The molecule has 4 N–H and O–H groups in total. The van der Waals surface area contributed by atoms with Gasteiger partial charge in [-0.25, -0.2) is 15.0 Å². The molecule has 3 aromatic heterocycles. The molecule has 4 atom stereocenters. The Morgan fingerprint density at radius 1 is 1.21 bits per heavy atom. The van der Waals surface area contributed by atoms with Crippen LogP contribution in [-0.4, -0.2) is 80.1 Å². The van der Waals surface area contributed by atoms with Gasteiger partial charge in [-0.2, -0.15) is 4.98 Å². The van der Waals surface area contributed by atoms with Crippen LogP contribution in [0.4, 0.5) is 11.8 Å². The fraction of sp³-hybridized carbons (Fsp3) is 0.381. The van der Waals surface area contributed by atoms with Crippen LogP contribution in [0.15, 0.2) is 35.3 Å². The summed E-state index contributed by atoms with van der Waals surface area (Å²) in [7, 11) is 5.15. The van der Waals surface area contributed by atoms with Crippen LogP contribution in [0.5, 0.6) is 0 Å². The van der Waals surface area contributed by atoms with Gasteiger partial charge in [0, 0.05) is 27.7 Å². The Kier molecular flexibility index (Phi) is 5.51. The van der Waals surface area contributed by atoms with Gasteiger partial charge < -0.3 is 34.9 Å². The number of likely N-dealkylation sites (N-methyl/N-ethyl adjacent to an activating group) is 1. The molecule has 1 aliphatic rings. The van der Waals surface area contributed by atoms with Crippen molar-refractivity contribution >= 4 is 40.0 Å². The normalized spacial score (nSPS) is 22.4. The molecule has 0 saturated carbocycles. The Balaban J connectivity index is 1.38. The number of ether oxygens (including phenoxy) is 1. The SMILES string of the molecule is CNC(=O)[C@H]1O[C@@H](n2cnc3c(NCc4ccc5oc(N(C)C)nc5c4)ncnc32)[C@H](O)[C@@H]1O. The molecule has 0 unspecified atom stereocenters. The number of oxazole rings is 1. The van der Waals surface area contributed by atoms with Gasteiger partial charge in [0.25, 0.3) is 11.9 Å². The van der Waals surface area contributed by atoms with E-state index in [0.717, 1.165) is 11.1 Å². The highest BCUT2D eigenvalue weighted by Crippen LogP contribution is 2.32. The first-order chi connectivity index (χ1) is 16.4. The Bertz CT molecular complexity index is 1350. The number of nitrogens with zero attached hydrogens (tertiary/aromatic N) is 6. The van der Waals surface area contributed by atoms with E-state index in [4.69, 9.17) is 9.15 Å². The van der Waals surface area contributed by atoms with E-state index < -0.39 is 30.4 Å². The van der Waals surface area contributed by atoms with Crippen molar-refractivity contribution in [3.8, 4) is 0 Å². The molecule has 13 heteroatoms. The van der Waals surface area contributed by atoms with Gasteiger partial charge in [0.15, 0.2) is 34.9 Å². The number of carbonyl (C=O) groups excluding carboxylic acids is 1. The minimum atomic E-state index is -1.39. The van der Waals surface area contributed by atoms with Crippen LogP contribution in [0.3, 0.4) is 0 Å². The lowest BCUT2D eigenvalue weighted by molar-refractivity contribution is -0.137. The molecule has 0 aliphatic carbocycles. The van der Waals surface area contributed by atoms with Gasteiger partial charge in [0.1, 0.15) is 24.1 Å². The van der Waals surface area contributed by atoms with Crippen molar-refractivity contribution in [1.82, 2.24) is 29.8 Å². The quantitative estimate of drug-likeness (QED) is 0.301. The number of imidazole rings is 1. The van der Waals surface area contributed by atoms with Gasteiger partial charge in [-0.1, -0.05) is 6.07 Å². The average Bonchev–Trinajstić information content (AvgIpc) is 3.53. The summed E-state index contributed by atoms with van der Waals surface area (Å²) < 4.78 is 12.8. The van der Waals surface area contributed by atoms with E-state index in [1.165, 1.54) is 24.3 Å². The van der Waals surface area contributed by atoms with Crippen molar-refractivity contribution in [3.05, 3.63) is 36.4 Å². The average molecular weight is 468 g/mol. The van der Waals surface area contributed by atoms with Crippen LogP contribution in [0.1, 0.15) is 11.8 Å². The summed E-state index contributed by atoms with van der Waals surface area (Å²) in [5.41, 5.74) is 3.24. The molecule has 5 rings (SSSR count). The topological polar surface area (TPSA) is 164 Å². The number of nitrogens with one attached hydrogen (secondary N) is 2. The van der Waals surface area contributed by atoms with Crippen molar-refractivity contribution in [2.75, 3.05) is 31.4 Å². The number of carbonyl (C=O) groups is 1. The number of hydrogen-bond acceptors (Lipinski definition) is 11. The Morgan fingerprint density at radius 3 is 2.79 bits per heavy atom. The molecule has 1 saturated heterocycles. The predicted molar refractivity (Wildman–Crippen MR) is 121 cm³/mol. The van der Waals surface area contributed by atoms with Crippen LogP contribution >= 0.6 is 0 Å². The second-order valence-corrected chi connectivity index (χ2v) is 8.14. The zero-order valence-electron chi connectivity index (χ0n) is 18.7. The van der Waals surface area contributed by atoms with Crippen molar-refractivity contribution in [1.29, 1.82) is 0 Å². The van der Waals surface area contributed by atoms with Crippen molar-refractivity contribution in [3.63, 3.8) is 0 Å². The summed E-state index contributed by atoms with van der Waals surface area (Å²) in [6.07, 6.45) is -2.18. The maximum absolute atomic E-state index is 12.0. The molecule has 1 fully saturated rings. The summed E-state index contributed by atoms with van der Waals surface area (Å²) in [6.45, 7) is 0.444. The second kappa shape index (κ2) is 8.52. The first-order valence-corrected chi connectivity index (χ1v) is 10.6.